The largest absolute Gasteiger partial charge is 0.483 e. The quantitative estimate of drug-likeness (QED) is 0.544. The highest BCUT2D eigenvalue weighted by molar-refractivity contribution is 7.89. The van der Waals surface area contributed by atoms with Crippen LogP contribution in [0, 0.1) is 6.92 Å². The summed E-state index contributed by atoms with van der Waals surface area (Å²) in [5.74, 6) is -1.56. The van der Waals surface area contributed by atoms with Crippen molar-refractivity contribution in [1.82, 2.24) is 4.31 Å². The van der Waals surface area contributed by atoms with E-state index in [0.29, 0.717) is 24.4 Å². The molecule has 1 aliphatic rings. The topological polar surface area (TPSA) is 128 Å². The van der Waals surface area contributed by atoms with Crippen molar-refractivity contribution >= 4 is 33.6 Å². The Balaban J connectivity index is 1.69. The van der Waals surface area contributed by atoms with E-state index < -0.39 is 27.9 Å². The van der Waals surface area contributed by atoms with E-state index >= 15 is 0 Å². The van der Waals surface area contributed by atoms with Crippen molar-refractivity contribution < 1.29 is 37.0 Å². The first-order valence-electron chi connectivity index (χ1n) is 11.0. The van der Waals surface area contributed by atoms with E-state index in [1.807, 2.05) is 0 Å². The van der Waals surface area contributed by atoms with E-state index in [0.717, 1.165) is 19.3 Å². The Labute approximate surface area is 204 Å². The van der Waals surface area contributed by atoms with Gasteiger partial charge < -0.3 is 19.5 Å². The first-order chi connectivity index (χ1) is 16.6. The summed E-state index contributed by atoms with van der Waals surface area (Å²) in [4.78, 5) is 36.5. The Hall–Kier alpha value is -3.44. The molecule has 2 aromatic rings. The molecule has 0 atom stereocenters. The Bertz CT molecular complexity index is 1190. The molecule has 11 heteroatoms. The van der Waals surface area contributed by atoms with Crippen LogP contribution >= 0.6 is 0 Å². The van der Waals surface area contributed by atoms with Gasteiger partial charge in [0.1, 0.15) is 5.75 Å². The van der Waals surface area contributed by atoms with Gasteiger partial charge in [0.25, 0.3) is 5.91 Å². The van der Waals surface area contributed by atoms with Gasteiger partial charge in [-0.2, -0.15) is 4.31 Å². The summed E-state index contributed by atoms with van der Waals surface area (Å²) in [5.41, 5.74) is 0.874. The van der Waals surface area contributed by atoms with Crippen molar-refractivity contribution in [1.29, 1.82) is 0 Å². The van der Waals surface area contributed by atoms with Gasteiger partial charge in [-0.05, 0) is 61.7 Å². The zero-order chi connectivity index (χ0) is 25.6. The summed E-state index contributed by atoms with van der Waals surface area (Å²) in [6.45, 7) is 2.34. The van der Waals surface area contributed by atoms with Gasteiger partial charge in [-0.3, -0.25) is 4.79 Å². The van der Waals surface area contributed by atoms with Crippen LogP contribution in [-0.4, -0.2) is 64.5 Å². The fourth-order valence-corrected chi connectivity index (χ4v) is 5.31. The highest BCUT2D eigenvalue weighted by Crippen LogP contribution is 2.26. The predicted octanol–water partition coefficient (Wildman–Crippen LogP) is 2.76. The minimum absolute atomic E-state index is 0.0629. The van der Waals surface area contributed by atoms with Gasteiger partial charge in [-0.1, -0.05) is 6.42 Å². The summed E-state index contributed by atoms with van der Waals surface area (Å²) in [5, 5.41) is 2.57. The lowest BCUT2D eigenvalue weighted by Crippen LogP contribution is -2.35. The van der Waals surface area contributed by atoms with Crippen molar-refractivity contribution in [2.24, 2.45) is 0 Å². The number of carbonyl (C=O) groups excluding carboxylic acids is 3. The molecule has 1 aliphatic heterocycles. The molecule has 0 aliphatic carbocycles. The first-order valence-corrected chi connectivity index (χ1v) is 12.4. The third kappa shape index (κ3) is 6.37. The molecule has 0 unspecified atom stereocenters. The molecule has 0 radical (unpaired) electrons. The van der Waals surface area contributed by atoms with E-state index in [2.05, 4.69) is 14.8 Å². The van der Waals surface area contributed by atoms with Gasteiger partial charge in [-0.25, -0.2) is 18.0 Å². The fourth-order valence-electron chi connectivity index (χ4n) is 3.71. The van der Waals surface area contributed by atoms with Crippen LogP contribution < -0.4 is 10.1 Å². The summed E-state index contributed by atoms with van der Waals surface area (Å²) in [6.07, 6.45) is 2.72. The summed E-state index contributed by atoms with van der Waals surface area (Å²) in [6, 6.07) is 8.54. The van der Waals surface area contributed by atoms with Crippen LogP contribution in [0.5, 0.6) is 5.75 Å². The van der Waals surface area contributed by atoms with Gasteiger partial charge in [0.2, 0.25) is 10.0 Å². The van der Waals surface area contributed by atoms with Gasteiger partial charge in [0.15, 0.2) is 6.61 Å². The lowest BCUT2D eigenvalue weighted by atomic mass is 10.1. The SMILES string of the molecule is COC(=O)c1cc(NC(=O)COc2ccc(S(=O)(=O)N3CCCCC3)cc2C)cc(C(=O)OC)c1. The number of piperidine rings is 1. The van der Waals surface area contributed by atoms with Crippen molar-refractivity contribution in [2.45, 2.75) is 31.1 Å². The number of sulfonamides is 1. The molecule has 188 valence electrons. The third-order valence-electron chi connectivity index (χ3n) is 5.52. The lowest BCUT2D eigenvalue weighted by Gasteiger charge is -2.26. The van der Waals surface area contributed by atoms with Crippen LogP contribution in [0.15, 0.2) is 41.3 Å². The molecule has 0 saturated carbocycles. The van der Waals surface area contributed by atoms with Crippen molar-refractivity contribution in [2.75, 3.05) is 39.2 Å². The average Bonchev–Trinajstić information content (AvgIpc) is 2.87. The number of benzene rings is 2. The van der Waals surface area contributed by atoms with Gasteiger partial charge in [-0.15, -0.1) is 0 Å². The predicted molar refractivity (Wildman–Crippen MR) is 127 cm³/mol. The lowest BCUT2D eigenvalue weighted by molar-refractivity contribution is -0.118. The smallest absolute Gasteiger partial charge is 0.337 e. The van der Waals surface area contributed by atoms with Crippen molar-refractivity contribution in [3.05, 3.63) is 53.1 Å². The normalized spacial score (nSPS) is 14.1. The molecule has 0 spiro atoms. The highest BCUT2D eigenvalue weighted by Gasteiger charge is 2.26. The second kappa shape index (κ2) is 11.3. The van der Waals surface area contributed by atoms with E-state index in [4.69, 9.17) is 4.74 Å². The number of methoxy groups -OCH3 is 2. The van der Waals surface area contributed by atoms with Crippen LogP contribution in [0.4, 0.5) is 5.69 Å². The van der Waals surface area contributed by atoms with Crippen LogP contribution in [0.2, 0.25) is 0 Å². The number of hydrogen-bond acceptors (Lipinski definition) is 8. The molecule has 1 saturated heterocycles. The highest BCUT2D eigenvalue weighted by atomic mass is 32.2. The maximum Gasteiger partial charge on any atom is 0.337 e. The Morgan fingerprint density at radius 1 is 0.914 bits per heavy atom. The van der Waals surface area contributed by atoms with Gasteiger partial charge in [0.05, 0.1) is 30.2 Å². The molecule has 2 aromatic carbocycles. The number of anilines is 1. The number of nitrogens with zero attached hydrogens (tertiary/aromatic N) is 1. The maximum atomic E-state index is 12.9. The number of hydrogen-bond donors (Lipinski definition) is 1. The monoisotopic (exact) mass is 504 g/mol. The molecule has 10 nitrogen and oxygen atoms in total. The second-order valence-electron chi connectivity index (χ2n) is 8.01. The second-order valence-corrected chi connectivity index (χ2v) is 9.95. The number of ether oxygens (including phenoxy) is 3. The molecule has 3 rings (SSSR count). The number of nitrogens with one attached hydrogen (secondary N) is 1. The Kier molecular flexibility index (Phi) is 8.47. The number of carbonyl (C=O) groups is 3. The summed E-state index contributed by atoms with van der Waals surface area (Å²) in [7, 11) is -1.18. The van der Waals surface area contributed by atoms with Crippen molar-refractivity contribution in [3.8, 4) is 5.75 Å². The molecule has 1 amide bonds. The van der Waals surface area contributed by atoms with E-state index in [1.54, 1.807) is 6.92 Å². The minimum atomic E-state index is -3.58. The number of amides is 1. The minimum Gasteiger partial charge on any atom is -0.483 e. The van der Waals surface area contributed by atoms with Crippen molar-refractivity contribution in [3.63, 3.8) is 0 Å². The average molecular weight is 505 g/mol. The van der Waals surface area contributed by atoms with Crippen LogP contribution in [-0.2, 0) is 24.3 Å². The molecular formula is C24H28N2O8S. The zero-order valence-corrected chi connectivity index (χ0v) is 20.6. The Morgan fingerprint density at radius 3 is 2.06 bits per heavy atom. The number of esters is 2. The van der Waals surface area contributed by atoms with Gasteiger partial charge >= 0.3 is 11.9 Å². The summed E-state index contributed by atoms with van der Waals surface area (Å²) < 4.78 is 42.2. The van der Waals surface area contributed by atoms with E-state index in [-0.39, 0.29) is 28.3 Å². The Morgan fingerprint density at radius 2 is 1.51 bits per heavy atom. The summed E-state index contributed by atoms with van der Waals surface area (Å²) >= 11 is 0. The van der Waals surface area contributed by atoms with Crippen LogP contribution in [0.25, 0.3) is 0 Å². The number of rotatable bonds is 8. The van der Waals surface area contributed by atoms with E-state index in [9.17, 15) is 22.8 Å². The molecule has 0 aromatic heterocycles. The molecule has 1 fully saturated rings. The molecular weight excluding hydrogens is 476 g/mol. The zero-order valence-electron chi connectivity index (χ0n) is 19.8. The molecule has 35 heavy (non-hydrogen) atoms. The van der Waals surface area contributed by atoms with Crippen LogP contribution in [0.1, 0.15) is 45.5 Å². The molecule has 1 N–H and O–H groups in total. The fraction of sp³-hybridized carbons (Fsp3) is 0.375. The molecule has 1 heterocycles. The maximum absolute atomic E-state index is 12.9. The third-order valence-corrected chi connectivity index (χ3v) is 7.41. The first kappa shape index (κ1) is 26.2. The van der Waals surface area contributed by atoms with E-state index in [1.165, 1.54) is 54.9 Å². The van der Waals surface area contributed by atoms with Crippen LogP contribution in [0.3, 0.4) is 0 Å². The van der Waals surface area contributed by atoms with Gasteiger partial charge in [0, 0.05) is 18.8 Å². The number of aryl methyl sites for hydroxylation is 1. The molecule has 0 bridgehead atoms. The standard InChI is InChI=1S/C24H28N2O8S/c1-16-11-20(35(30,31)26-9-5-4-6-10-26)7-8-21(16)34-15-22(27)25-19-13-17(23(28)32-2)12-18(14-19)24(29)33-3/h7-8,11-14H,4-6,9-10,15H2,1-3H3,(H,25,27).